The highest BCUT2D eigenvalue weighted by Gasteiger charge is 2.27. The Morgan fingerprint density at radius 2 is 2.19 bits per heavy atom. The van der Waals surface area contributed by atoms with Crippen molar-refractivity contribution >= 4 is 16.9 Å². The van der Waals surface area contributed by atoms with Crippen LogP contribution in [0, 0.1) is 6.92 Å². The molecule has 142 valence electrons. The number of ether oxygens (including phenoxy) is 1. The quantitative estimate of drug-likeness (QED) is 0.765. The van der Waals surface area contributed by atoms with Crippen LogP contribution in [-0.4, -0.2) is 33.8 Å². The topological polar surface area (TPSA) is 82.2 Å². The van der Waals surface area contributed by atoms with Gasteiger partial charge in [-0.2, -0.15) is 0 Å². The first kappa shape index (κ1) is 17.6. The SMILES string of the molecule is COc1ccc2oc(C)c(C(=O)N[C@H]3CCc4nnc(C(C)C)n4C3)c2c1. The van der Waals surface area contributed by atoms with Gasteiger partial charge in [-0.25, -0.2) is 0 Å². The number of furan rings is 1. The molecule has 0 bridgehead atoms. The molecule has 0 unspecified atom stereocenters. The van der Waals surface area contributed by atoms with E-state index in [0.29, 0.717) is 35.1 Å². The number of carbonyl (C=O) groups is 1. The summed E-state index contributed by atoms with van der Waals surface area (Å²) in [5, 5.41) is 12.5. The minimum absolute atomic E-state index is 0.0356. The fourth-order valence-electron chi connectivity index (χ4n) is 3.76. The zero-order valence-electron chi connectivity index (χ0n) is 16.1. The highest BCUT2D eigenvalue weighted by Crippen LogP contribution is 2.29. The monoisotopic (exact) mass is 368 g/mol. The molecule has 0 aliphatic carbocycles. The molecule has 7 heteroatoms. The van der Waals surface area contributed by atoms with Crippen LogP contribution in [0.2, 0.25) is 0 Å². The van der Waals surface area contributed by atoms with Gasteiger partial charge in [0.2, 0.25) is 0 Å². The predicted octanol–water partition coefficient (Wildman–Crippen LogP) is 3.21. The van der Waals surface area contributed by atoms with E-state index in [-0.39, 0.29) is 11.9 Å². The van der Waals surface area contributed by atoms with E-state index in [9.17, 15) is 4.79 Å². The molecule has 3 aromatic rings. The molecule has 0 saturated heterocycles. The summed E-state index contributed by atoms with van der Waals surface area (Å²) in [7, 11) is 1.61. The number of aromatic nitrogens is 3. The molecule has 1 N–H and O–H groups in total. The molecule has 1 aliphatic heterocycles. The third kappa shape index (κ3) is 3.07. The highest BCUT2D eigenvalue weighted by atomic mass is 16.5. The zero-order valence-corrected chi connectivity index (χ0v) is 16.1. The van der Waals surface area contributed by atoms with E-state index >= 15 is 0 Å². The van der Waals surface area contributed by atoms with Crippen molar-refractivity contribution in [3.8, 4) is 5.75 Å². The second-order valence-corrected chi connectivity index (χ2v) is 7.34. The maximum atomic E-state index is 13.0. The molecule has 1 aromatic carbocycles. The number of hydrogen-bond acceptors (Lipinski definition) is 5. The molecule has 1 aliphatic rings. The van der Waals surface area contributed by atoms with E-state index in [1.165, 1.54) is 0 Å². The summed E-state index contributed by atoms with van der Waals surface area (Å²) < 4.78 is 13.2. The standard InChI is InChI=1S/C20H24N4O3/c1-11(2)19-23-22-17-8-5-13(10-24(17)19)21-20(25)18-12(3)27-16-7-6-14(26-4)9-15(16)18/h6-7,9,11,13H,5,8,10H2,1-4H3,(H,21,25)/t13-/m0/s1. The van der Waals surface area contributed by atoms with Crippen LogP contribution in [0.4, 0.5) is 0 Å². The van der Waals surface area contributed by atoms with E-state index < -0.39 is 0 Å². The average Bonchev–Trinajstić information content (AvgIpc) is 3.20. The van der Waals surface area contributed by atoms with Crippen LogP contribution in [0.1, 0.15) is 54.0 Å². The second kappa shape index (κ2) is 6.72. The number of hydrogen-bond donors (Lipinski definition) is 1. The smallest absolute Gasteiger partial charge is 0.255 e. The van der Waals surface area contributed by atoms with Gasteiger partial charge in [0.1, 0.15) is 28.7 Å². The van der Waals surface area contributed by atoms with Crippen molar-refractivity contribution < 1.29 is 13.9 Å². The van der Waals surface area contributed by atoms with Gasteiger partial charge in [-0.15, -0.1) is 10.2 Å². The molecule has 0 saturated carbocycles. The molecule has 3 heterocycles. The summed E-state index contributed by atoms with van der Waals surface area (Å²) >= 11 is 0. The van der Waals surface area contributed by atoms with Crippen molar-refractivity contribution in [1.29, 1.82) is 0 Å². The number of aryl methyl sites for hydroxylation is 2. The first-order valence-electron chi connectivity index (χ1n) is 9.28. The Kier molecular flexibility index (Phi) is 4.37. The summed E-state index contributed by atoms with van der Waals surface area (Å²) in [6.45, 7) is 6.72. The fraction of sp³-hybridized carbons (Fsp3) is 0.450. The van der Waals surface area contributed by atoms with Gasteiger partial charge < -0.3 is 19.0 Å². The van der Waals surface area contributed by atoms with Gasteiger partial charge in [-0.1, -0.05) is 13.8 Å². The van der Waals surface area contributed by atoms with Gasteiger partial charge in [0.15, 0.2) is 0 Å². The third-order valence-corrected chi connectivity index (χ3v) is 5.13. The summed E-state index contributed by atoms with van der Waals surface area (Å²) in [4.78, 5) is 13.0. The molecule has 27 heavy (non-hydrogen) atoms. The van der Waals surface area contributed by atoms with Crippen LogP contribution in [-0.2, 0) is 13.0 Å². The van der Waals surface area contributed by atoms with Gasteiger partial charge in [0.25, 0.3) is 5.91 Å². The molecule has 0 radical (unpaired) electrons. The molecular weight excluding hydrogens is 344 g/mol. The predicted molar refractivity (Wildman–Crippen MR) is 101 cm³/mol. The lowest BCUT2D eigenvalue weighted by Crippen LogP contribution is -2.41. The van der Waals surface area contributed by atoms with Crippen LogP contribution >= 0.6 is 0 Å². The Balaban J connectivity index is 1.59. The number of fused-ring (bicyclic) bond motifs is 2. The minimum atomic E-state index is -0.118. The molecule has 7 nitrogen and oxygen atoms in total. The van der Waals surface area contributed by atoms with Crippen molar-refractivity contribution in [1.82, 2.24) is 20.1 Å². The van der Waals surface area contributed by atoms with Crippen LogP contribution in [0.15, 0.2) is 22.6 Å². The third-order valence-electron chi connectivity index (χ3n) is 5.13. The Morgan fingerprint density at radius 1 is 1.37 bits per heavy atom. The Labute approximate surface area is 157 Å². The van der Waals surface area contributed by atoms with Crippen molar-refractivity contribution in [3.63, 3.8) is 0 Å². The number of carbonyl (C=O) groups excluding carboxylic acids is 1. The van der Waals surface area contributed by atoms with Gasteiger partial charge in [0, 0.05) is 30.3 Å². The molecule has 1 atom stereocenters. The largest absolute Gasteiger partial charge is 0.497 e. The Hall–Kier alpha value is -2.83. The van der Waals surface area contributed by atoms with Gasteiger partial charge in [0.05, 0.1) is 12.7 Å². The number of rotatable bonds is 4. The molecule has 2 aromatic heterocycles. The van der Waals surface area contributed by atoms with Crippen LogP contribution in [0.3, 0.4) is 0 Å². The lowest BCUT2D eigenvalue weighted by atomic mass is 10.0. The number of nitrogens with one attached hydrogen (secondary N) is 1. The highest BCUT2D eigenvalue weighted by molar-refractivity contribution is 6.07. The van der Waals surface area contributed by atoms with Crippen molar-refractivity contribution in [2.24, 2.45) is 0 Å². The normalized spacial score (nSPS) is 16.6. The fourth-order valence-corrected chi connectivity index (χ4v) is 3.76. The maximum Gasteiger partial charge on any atom is 0.255 e. The van der Waals surface area contributed by atoms with Crippen molar-refractivity contribution in [2.75, 3.05) is 7.11 Å². The zero-order chi connectivity index (χ0) is 19.1. The maximum absolute atomic E-state index is 13.0. The lowest BCUT2D eigenvalue weighted by Gasteiger charge is -2.26. The minimum Gasteiger partial charge on any atom is -0.497 e. The van der Waals surface area contributed by atoms with Crippen LogP contribution < -0.4 is 10.1 Å². The average molecular weight is 368 g/mol. The Morgan fingerprint density at radius 3 is 2.93 bits per heavy atom. The van der Waals surface area contributed by atoms with E-state index in [2.05, 4.69) is 33.9 Å². The summed E-state index contributed by atoms with van der Waals surface area (Å²) in [5.74, 6) is 3.46. The summed E-state index contributed by atoms with van der Waals surface area (Å²) in [6, 6.07) is 5.54. The van der Waals surface area contributed by atoms with E-state index in [4.69, 9.17) is 9.15 Å². The molecule has 0 spiro atoms. The first-order chi connectivity index (χ1) is 13.0. The number of amides is 1. The second-order valence-electron chi connectivity index (χ2n) is 7.34. The van der Waals surface area contributed by atoms with Crippen LogP contribution in [0.25, 0.3) is 11.0 Å². The molecular formula is C20H24N4O3. The first-order valence-corrected chi connectivity index (χ1v) is 9.28. The van der Waals surface area contributed by atoms with Crippen molar-refractivity contribution in [3.05, 3.63) is 41.2 Å². The summed E-state index contributed by atoms with van der Waals surface area (Å²) in [6.07, 6.45) is 1.66. The van der Waals surface area contributed by atoms with E-state index in [1.54, 1.807) is 7.11 Å². The lowest BCUT2D eigenvalue weighted by molar-refractivity contribution is 0.0927. The van der Waals surface area contributed by atoms with E-state index in [0.717, 1.165) is 29.9 Å². The van der Waals surface area contributed by atoms with Gasteiger partial charge >= 0.3 is 0 Å². The van der Waals surface area contributed by atoms with Crippen LogP contribution in [0.5, 0.6) is 5.75 Å². The van der Waals surface area contributed by atoms with E-state index in [1.807, 2.05) is 25.1 Å². The van der Waals surface area contributed by atoms with Gasteiger partial charge in [-0.3, -0.25) is 4.79 Å². The molecule has 0 fully saturated rings. The number of nitrogens with zero attached hydrogens (tertiary/aromatic N) is 3. The Bertz CT molecular complexity index is 1000. The molecule has 4 rings (SSSR count). The number of methoxy groups -OCH3 is 1. The van der Waals surface area contributed by atoms with Gasteiger partial charge in [-0.05, 0) is 31.5 Å². The molecule has 1 amide bonds. The van der Waals surface area contributed by atoms with Crippen molar-refractivity contribution in [2.45, 2.75) is 52.1 Å². The number of benzene rings is 1. The summed E-state index contributed by atoms with van der Waals surface area (Å²) in [5.41, 5.74) is 1.26.